The summed E-state index contributed by atoms with van der Waals surface area (Å²) in [6.45, 7) is 4.55. The Morgan fingerprint density at radius 1 is 0.722 bits per heavy atom. The van der Waals surface area contributed by atoms with Gasteiger partial charge in [0.25, 0.3) is 7.82 Å². The van der Waals surface area contributed by atoms with Crippen molar-refractivity contribution in [3.8, 4) is 0 Å². The Morgan fingerprint density at radius 3 is 1.89 bits per heavy atom. The molecule has 0 aromatic carbocycles. The van der Waals surface area contributed by atoms with Gasteiger partial charge in [0.05, 0.1) is 46.0 Å². The van der Waals surface area contributed by atoms with Crippen LogP contribution in [-0.2, 0) is 18.4 Å². The van der Waals surface area contributed by atoms with Crippen molar-refractivity contribution < 1.29 is 38.0 Å². The fourth-order valence-corrected chi connectivity index (χ4v) is 6.60. The fraction of sp³-hybridized carbons (Fsp3) is 0.795. The molecule has 3 N–H and O–H groups in total. The number of hydrogen-bond donors (Lipinski definition) is 3. The van der Waals surface area contributed by atoms with E-state index in [1.54, 1.807) is 6.08 Å². The van der Waals surface area contributed by atoms with Gasteiger partial charge in [-0.2, -0.15) is 0 Å². The summed E-state index contributed by atoms with van der Waals surface area (Å²) in [7, 11) is 1.22. The molecular formula is C44H83N2O7P. The van der Waals surface area contributed by atoms with Gasteiger partial charge in [-0.1, -0.05) is 165 Å². The molecule has 4 atom stereocenters. The number of rotatable bonds is 38. The van der Waals surface area contributed by atoms with Crippen molar-refractivity contribution in [1.29, 1.82) is 0 Å². The third kappa shape index (κ3) is 37.3. The molecule has 9 nitrogen and oxygen atoms in total. The summed E-state index contributed by atoms with van der Waals surface area (Å²) in [5.74, 6) is -0.249. The maximum Gasteiger partial charge on any atom is 0.268 e. The van der Waals surface area contributed by atoms with E-state index >= 15 is 0 Å². The monoisotopic (exact) mass is 783 g/mol. The largest absolute Gasteiger partial charge is 0.756 e. The number of carbonyl (C=O) groups excluding carboxylic acids is 1. The van der Waals surface area contributed by atoms with Crippen molar-refractivity contribution >= 4 is 13.7 Å². The van der Waals surface area contributed by atoms with E-state index in [0.717, 1.165) is 38.5 Å². The molecule has 0 saturated heterocycles. The van der Waals surface area contributed by atoms with Gasteiger partial charge in [0.15, 0.2) is 0 Å². The average Bonchev–Trinajstić information content (AvgIpc) is 3.11. The molecule has 0 aromatic rings. The van der Waals surface area contributed by atoms with E-state index in [0.29, 0.717) is 30.3 Å². The summed E-state index contributed by atoms with van der Waals surface area (Å²) in [5.41, 5.74) is 0. The zero-order valence-electron chi connectivity index (χ0n) is 35.3. The molecule has 0 heterocycles. The minimum absolute atomic E-state index is 0.0113. The van der Waals surface area contributed by atoms with Crippen molar-refractivity contribution in [2.24, 2.45) is 0 Å². The van der Waals surface area contributed by atoms with Crippen LogP contribution in [0.1, 0.15) is 168 Å². The molecule has 54 heavy (non-hydrogen) atoms. The Morgan fingerprint density at radius 2 is 1.28 bits per heavy atom. The molecule has 0 rings (SSSR count). The quantitative estimate of drug-likeness (QED) is 0.0187. The SMILES string of the molecule is CCCCC/C=C\C=C/[C@H](O)C/C=C\C/C=C/CCCC(=O)N[C@@H](COP(=O)([O-])OCC[N+](C)(C)C)[C@H](O)CCCCCCCCCCCCCCCC. The van der Waals surface area contributed by atoms with Crippen LogP contribution in [0.15, 0.2) is 48.6 Å². The van der Waals surface area contributed by atoms with Gasteiger partial charge < -0.3 is 34.0 Å². The molecule has 0 aliphatic heterocycles. The molecule has 316 valence electrons. The molecule has 1 amide bonds. The van der Waals surface area contributed by atoms with E-state index in [1.165, 1.54) is 89.9 Å². The molecule has 0 aliphatic rings. The van der Waals surface area contributed by atoms with Crippen LogP contribution in [0, 0.1) is 0 Å². The normalized spacial score (nSPS) is 15.5. The van der Waals surface area contributed by atoms with Gasteiger partial charge >= 0.3 is 0 Å². The molecule has 0 aliphatic carbocycles. The lowest BCUT2D eigenvalue weighted by molar-refractivity contribution is -0.870. The number of allylic oxidation sites excluding steroid dienone is 6. The first-order chi connectivity index (χ1) is 25.9. The first kappa shape index (κ1) is 52.4. The number of aliphatic hydroxyl groups excluding tert-OH is 2. The van der Waals surface area contributed by atoms with Crippen LogP contribution in [0.5, 0.6) is 0 Å². The lowest BCUT2D eigenvalue weighted by Crippen LogP contribution is -2.46. The summed E-state index contributed by atoms with van der Waals surface area (Å²) in [5, 5.41) is 23.9. The number of phosphoric acid groups is 1. The van der Waals surface area contributed by atoms with Gasteiger partial charge in [0.1, 0.15) is 13.2 Å². The second-order valence-corrected chi connectivity index (χ2v) is 17.3. The van der Waals surface area contributed by atoms with Gasteiger partial charge in [0.2, 0.25) is 5.91 Å². The van der Waals surface area contributed by atoms with Crippen molar-refractivity contribution in [2.75, 3.05) is 40.9 Å². The Hall–Kier alpha value is -1.58. The maximum absolute atomic E-state index is 12.8. The summed E-state index contributed by atoms with van der Waals surface area (Å²) >= 11 is 0. The topological polar surface area (TPSA) is 128 Å². The van der Waals surface area contributed by atoms with Crippen LogP contribution in [0.25, 0.3) is 0 Å². The average molecular weight is 783 g/mol. The smallest absolute Gasteiger partial charge is 0.268 e. The summed E-state index contributed by atoms with van der Waals surface area (Å²) in [6, 6.07) is -0.851. The van der Waals surface area contributed by atoms with Gasteiger partial charge in [-0.3, -0.25) is 9.36 Å². The van der Waals surface area contributed by atoms with Gasteiger partial charge in [-0.15, -0.1) is 0 Å². The molecule has 0 spiro atoms. The fourth-order valence-electron chi connectivity index (χ4n) is 5.88. The lowest BCUT2D eigenvalue weighted by atomic mass is 10.0. The van der Waals surface area contributed by atoms with Crippen molar-refractivity contribution in [3.63, 3.8) is 0 Å². The van der Waals surface area contributed by atoms with E-state index in [2.05, 4.69) is 25.2 Å². The van der Waals surface area contributed by atoms with Crippen molar-refractivity contribution in [3.05, 3.63) is 48.6 Å². The first-order valence-corrected chi connectivity index (χ1v) is 23.1. The van der Waals surface area contributed by atoms with E-state index in [9.17, 15) is 24.5 Å². The molecule has 0 fully saturated rings. The third-order valence-electron chi connectivity index (χ3n) is 9.40. The van der Waals surface area contributed by atoms with Crippen LogP contribution in [-0.4, -0.2) is 79.8 Å². The van der Waals surface area contributed by atoms with Crippen LogP contribution in [0.4, 0.5) is 0 Å². The number of likely N-dealkylation sites (N-methyl/N-ethyl adjacent to an activating group) is 1. The predicted molar refractivity (Wildman–Crippen MR) is 225 cm³/mol. The molecular weight excluding hydrogens is 699 g/mol. The Kier molecular flexibility index (Phi) is 34.8. The number of unbranched alkanes of at least 4 members (excludes halogenated alkanes) is 17. The zero-order valence-corrected chi connectivity index (χ0v) is 36.2. The number of nitrogens with zero attached hydrogens (tertiary/aromatic N) is 1. The second kappa shape index (κ2) is 35.8. The molecule has 0 radical (unpaired) electrons. The highest BCUT2D eigenvalue weighted by Gasteiger charge is 2.24. The third-order valence-corrected chi connectivity index (χ3v) is 10.4. The van der Waals surface area contributed by atoms with Gasteiger partial charge in [-0.25, -0.2) is 0 Å². The van der Waals surface area contributed by atoms with Crippen LogP contribution in [0.2, 0.25) is 0 Å². The van der Waals surface area contributed by atoms with Crippen LogP contribution < -0.4 is 10.2 Å². The molecule has 10 heteroatoms. The van der Waals surface area contributed by atoms with E-state index < -0.39 is 26.1 Å². The van der Waals surface area contributed by atoms with E-state index in [1.807, 2.05) is 57.6 Å². The summed E-state index contributed by atoms with van der Waals surface area (Å²) in [4.78, 5) is 25.3. The maximum atomic E-state index is 12.8. The molecule has 0 aromatic heterocycles. The summed E-state index contributed by atoms with van der Waals surface area (Å²) < 4.78 is 23.2. The number of phosphoric ester groups is 1. The van der Waals surface area contributed by atoms with Crippen molar-refractivity contribution in [2.45, 2.75) is 186 Å². The van der Waals surface area contributed by atoms with Gasteiger partial charge in [-0.05, 0) is 44.9 Å². The standard InChI is InChI=1S/C44H83N2O7P/c1-6-8-10-12-14-15-16-17-18-19-20-24-28-32-36-43(48)42(40-53-54(50,51)52-39-38-46(3,4)5)45-44(49)37-33-29-25-21-23-27-31-35-41(47)34-30-26-22-13-11-9-7-2/h21-22,25-27,30-31,34,41-43,47-48H,6-20,23-24,28-29,32-33,35-40H2,1-5H3,(H-,45,49,50,51)/b25-21+,26-22-,31-27-,34-30-/t41-,42-,43+/m0/s1. The van der Waals surface area contributed by atoms with Crippen molar-refractivity contribution in [1.82, 2.24) is 5.32 Å². The highest BCUT2D eigenvalue weighted by atomic mass is 31.2. The number of amides is 1. The Bertz CT molecular complexity index is 1040. The molecule has 0 bridgehead atoms. The lowest BCUT2D eigenvalue weighted by Gasteiger charge is -2.30. The highest BCUT2D eigenvalue weighted by molar-refractivity contribution is 7.45. The second-order valence-electron chi connectivity index (χ2n) is 15.9. The first-order valence-electron chi connectivity index (χ1n) is 21.6. The van der Waals surface area contributed by atoms with E-state index in [4.69, 9.17) is 9.05 Å². The predicted octanol–water partition coefficient (Wildman–Crippen LogP) is 10.0. The molecule has 1 unspecified atom stereocenters. The highest BCUT2D eigenvalue weighted by Crippen LogP contribution is 2.38. The zero-order chi connectivity index (χ0) is 40.2. The summed E-state index contributed by atoms with van der Waals surface area (Å²) in [6.07, 6.45) is 39.9. The number of carbonyl (C=O) groups is 1. The van der Waals surface area contributed by atoms with Crippen LogP contribution >= 0.6 is 7.82 Å². The van der Waals surface area contributed by atoms with E-state index in [-0.39, 0.29) is 25.5 Å². The minimum atomic E-state index is -4.59. The number of hydrogen-bond acceptors (Lipinski definition) is 7. The minimum Gasteiger partial charge on any atom is -0.756 e. The van der Waals surface area contributed by atoms with Crippen LogP contribution in [0.3, 0.4) is 0 Å². The molecule has 0 saturated carbocycles. The Balaban J connectivity index is 4.57. The Labute approximate surface area is 332 Å². The number of quaternary nitrogens is 1. The van der Waals surface area contributed by atoms with Gasteiger partial charge in [0, 0.05) is 6.42 Å². The number of nitrogens with one attached hydrogen (secondary N) is 1. The number of aliphatic hydroxyl groups is 2.